The summed E-state index contributed by atoms with van der Waals surface area (Å²) in [6.45, 7) is 0. The van der Waals surface area contributed by atoms with Gasteiger partial charge in [0.05, 0.1) is 0 Å². The Bertz CT molecular complexity index is 676. The zero-order valence-corrected chi connectivity index (χ0v) is 14.0. The fourth-order valence-corrected chi connectivity index (χ4v) is 6.05. The smallest absolute Gasteiger partial charge is 0.234 e. The van der Waals surface area contributed by atoms with Crippen molar-refractivity contribution >= 4 is 40.1 Å². The van der Waals surface area contributed by atoms with Crippen LogP contribution in [0, 0.1) is 0 Å². The Morgan fingerprint density at radius 3 is 1.68 bits per heavy atom. The van der Waals surface area contributed by atoms with E-state index >= 15 is 0 Å². The summed E-state index contributed by atoms with van der Waals surface area (Å²) < 4.78 is 6.03. The van der Waals surface area contributed by atoms with Gasteiger partial charge in [0.1, 0.15) is 0 Å². The van der Waals surface area contributed by atoms with Gasteiger partial charge >= 0.3 is 0 Å². The Kier molecular flexibility index (Phi) is 4.56. The van der Waals surface area contributed by atoms with Crippen LogP contribution in [0.2, 0.25) is 0 Å². The zero-order valence-electron chi connectivity index (χ0n) is 13.0. The predicted octanol–water partition coefficient (Wildman–Crippen LogP) is 3.94. The predicted molar refractivity (Wildman–Crippen MR) is 95.0 cm³/mol. The molecule has 2 atom stereocenters. The van der Waals surface area contributed by atoms with Gasteiger partial charge in [-0.2, -0.15) is 0 Å². The van der Waals surface area contributed by atoms with Crippen LogP contribution < -0.4 is 0 Å². The van der Waals surface area contributed by atoms with E-state index in [4.69, 9.17) is 4.43 Å². The van der Waals surface area contributed by atoms with E-state index in [1.54, 1.807) is 0 Å². The first kappa shape index (κ1) is 15.6. The third kappa shape index (κ3) is 2.47. The molecule has 0 fully saturated rings. The number of hydrogen-bond donors (Lipinski definition) is 0. The monoisotopic (exact) mass is 296 g/mol. The van der Waals surface area contributed by atoms with Crippen LogP contribution in [0.25, 0.3) is 12.2 Å². The van der Waals surface area contributed by atoms with Crippen LogP contribution in [-0.4, -0.2) is 35.0 Å². The topological polar surface area (TPSA) is 9.23 Å². The Hall–Kier alpha value is -1.31. The fraction of sp³-hybridized carbons (Fsp3) is 0.158. The second-order valence-electron chi connectivity index (χ2n) is 5.54. The standard InChI is InChI=1S/C19H17OSi.Li/c1-20-21(18-12-10-14-6-2-4-8-16(14)18)19-13-11-15-7-3-5-9-17(15)19;/h2-13,18-19H,1H3;. The van der Waals surface area contributed by atoms with Gasteiger partial charge in [0.25, 0.3) is 0 Å². The molecule has 104 valence electrons. The molecule has 22 heavy (non-hydrogen) atoms. The first-order chi connectivity index (χ1) is 10.4. The molecule has 2 unspecified atom stereocenters. The molecule has 0 bridgehead atoms. The van der Waals surface area contributed by atoms with Crippen molar-refractivity contribution in [1.82, 2.24) is 0 Å². The molecule has 2 aromatic carbocycles. The van der Waals surface area contributed by atoms with Gasteiger partial charge < -0.3 is 4.43 Å². The third-order valence-corrected chi connectivity index (χ3v) is 7.15. The molecule has 3 heteroatoms. The van der Waals surface area contributed by atoms with Gasteiger partial charge in [-0.1, -0.05) is 72.8 Å². The fourth-order valence-electron chi connectivity index (χ4n) is 3.44. The van der Waals surface area contributed by atoms with Gasteiger partial charge in [-0.05, 0) is 22.3 Å². The van der Waals surface area contributed by atoms with Crippen molar-refractivity contribution in [2.24, 2.45) is 0 Å². The van der Waals surface area contributed by atoms with E-state index in [1.807, 2.05) is 7.11 Å². The molecule has 2 aromatic rings. The average Bonchev–Trinajstić information content (AvgIpc) is 3.14. The Labute approximate surface area is 145 Å². The maximum atomic E-state index is 6.03. The molecule has 0 aliphatic heterocycles. The molecule has 2 radical (unpaired) electrons. The van der Waals surface area contributed by atoms with E-state index in [-0.39, 0.29) is 18.9 Å². The van der Waals surface area contributed by atoms with Crippen LogP contribution >= 0.6 is 0 Å². The van der Waals surface area contributed by atoms with Crippen molar-refractivity contribution in [2.45, 2.75) is 11.1 Å². The molecule has 0 saturated carbocycles. The summed E-state index contributed by atoms with van der Waals surface area (Å²) in [5.41, 5.74) is 6.39. The van der Waals surface area contributed by atoms with E-state index < -0.39 is 9.04 Å². The van der Waals surface area contributed by atoms with E-state index in [0.29, 0.717) is 11.1 Å². The van der Waals surface area contributed by atoms with Crippen molar-refractivity contribution in [1.29, 1.82) is 0 Å². The number of benzene rings is 2. The largest absolute Gasteiger partial charge is 0.418 e. The van der Waals surface area contributed by atoms with Gasteiger partial charge in [-0.15, -0.1) is 0 Å². The molecule has 2 aliphatic rings. The van der Waals surface area contributed by atoms with Crippen molar-refractivity contribution in [3.63, 3.8) is 0 Å². The molecular formula is C19H17LiOSi. The Morgan fingerprint density at radius 1 is 0.773 bits per heavy atom. The quantitative estimate of drug-likeness (QED) is 0.780. The van der Waals surface area contributed by atoms with Crippen LogP contribution in [0.1, 0.15) is 33.3 Å². The van der Waals surface area contributed by atoms with Crippen molar-refractivity contribution in [3.05, 3.63) is 82.9 Å². The molecule has 1 nitrogen and oxygen atoms in total. The number of fused-ring (bicyclic) bond motifs is 2. The number of rotatable bonds is 3. The van der Waals surface area contributed by atoms with E-state index in [1.165, 1.54) is 22.3 Å². The van der Waals surface area contributed by atoms with Crippen molar-refractivity contribution in [3.8, 4) is 0 Å². The molecule has 4 rings (SSSR count). The molecule has 0 saturated heterocycles. The van der Waals surface area contributed by atoms with E-state index in [2.05, 4.69) is 72.8 Å². The zero-order chi connectivity index (χ0) is 14.2. The minimum atomic E-state index is -1.04. The number of allylic oxidation sites excluding steroid dienone is 2. The van der Waals surface area contributed by atoms with Crippen molar-refractivity contribution in [2.75, 3.05) is 7.11 Å². The molecular weight excluding hydrogens is 279 g/mol. The molecule has 2 aliphatic carbocycles. The molecule has 0 heterocycles. The maximum absolute atomic E-state index is 6.03. The van der Waals surface area contributed by atoms with Gasteiger partial charge in [-0.3, -0.25) is 0 Å². The third-order valence-electron chi connectivity index (χ3n) is 4.45. The molecule has 0 amide bonds. The van der Waals surface area contributed by atoms with Crippen LogP contribution in [-0.2, 0) is 4.43 Å². The summed E-state index contributed by atoms with van der Waals surface area (Å²) in [5.74, 6) is 0. The maximum Gasteiger partial charge on any atom is 0.234 e. The molecule has 0 spiro atoms. The van der Waals surface area contributed by atoms with Crippen LogP contribution in [0.3, 0.4) is 0 Å². The second-order valence-corrected chi connectivity index (χ2v) is 7.99. The molecule has 0 aromatic heterocycles. The van der Waals surface area contributed by atoms with Crippen LogP contribution in [0.4, 0.5) is 0 Å². The minimum Gasteiger partial charge on any atom is -0.418 e. The second kappa shape index (κ2) is 6.44. The van der Waals surface area contributed by atoms with Gasteiger partial charge in [0, 0.05) is 37.1 Å². The SMILES string of the molecule is CO[Si](C1C=Cc2ccccc21)C1C=Cc2ccccc21.[Li]. The number of hydrogen-bond acceptors (Lipinski definition) is 1. The van der Waals surface area contributed by atoms with Crippen LogP contribution in [0.15, 0.2) is 60.7 Å². The van der Waals surface area contributed by atoms with Gasteiger partial charge in [0.2, 0.25) is 9.04 Å². The summed E-state index contributed by atoms with van der Waals surface area (Å²) >= 11 is 0. The average molecular weight is 296 g/mol. The summed E-state index contributed by atoms with van der Waals surface area (Å²) in [5, 5.41) is 0. The minimum absolute atomic E-state index is 0. The van der Waals surface area contributed by atoms with Gasteiger partial charge in [0.15, 0.2) is 0 Å². The van der Waals surface area contributed by atoms with Gasteiger partial charge in [-0.25, -0.2) is 0 Å². The summed E-state index contributed by atoms with van der Waals surface area (Å²) in [6, 6.07) is 17.4. The van der Waals surface area contributed by atoms with E-state index in [9.17, 15) is 0 Å². The normalized spacial score (nSPS) is 20.8. The first-order valence-electron chi connectivity index (χ1n) is 7.33. The summed E-state index contributed by atoms with van der Waals surface area (Å²) in [7, 11) is 0.836. The summed E-state index contributed by atoms with van der Waals surface area (Å²) in [4.78, 5) is 0. The van der Waals surface area contributed by atoms with Crippen molar-refractivity contribution < 1.29 is 4.43 Å². The van der Waals surface area contributed by atoms with E-state index in [0.717, 1.165) is 0 Å². The Balaban J connectivity index is 0.00000144. The summed E-state index contributed by atoms with van der Waals surface area (Å²) in [6.07, 6.45) is 9.15. The molecule has 0 N–H and O–H groups in total. The first-order valence-corrected chi connectivity index (χ1v) is 8.90. The Morgan fingerprint density at radius 2 is 1.23 bits per heavy atom. The van der Waals surface area contributed by atoms with Crippen LogP contribution in [0.5, 0.6) is 0 Å².